The van der Waals surface area contributed by atoms with Gasteiger partial charge in [-0.15, -0.1) is 0 Å². The first-order valence-electron chi connectivity index (χ1n) is 33.9. The largest absolute Gasteiger partial charge is 0.466 e. The van der Waals surface area contributed by atoms with Gasteiger partial charge in [-0.3, -0.25) is 9.59 Å². The van der Waals surface area contributed by atoms with Crippen LogP contribution in [0.2, 0.25) is 0 Å². The standard InChI is InChI=1S/C70H100N6O12S4/c1-7-9-11-13-15-17-19-31-65(77)85-47-37-53-33-43-73(44-34-53)39-25-41-75-57-27-21-23-29-61(57)89-63-51-55(91(81,82)71(3)4)49-59(67(63)75)87-69(79)70(80)88-60-50-56(92(83,84)72(5)6)52-64-68(60)76(58-28-22-24-30-62(58)90-64)42-26-40-74-45-35-54(36-46-74)38-48-86-66(78)32-20-18-16-14-12-10-8-2/h21-24,27-30,49-54H,7-20,25-26,31-48H2,1-6H3. The van der Waals surface area contributed by atoms with Gasteiger partial charge in [0.15, 0.2) is 11.5 Å². The van der Waals surface area contributed by atoms with Crippen molar-refractivity contribution in [2.24, 2.45) is 11.8 Å². The van der Waals surface area contributed by atoms with Gasteiger partial charge in [0.2, 0.25) is 20.0 Å². The van der Waals surface area contributed by atoms with E-state index in [1.807, 2.05) is 58.3 Å². The van der Waals surface area contributed by atoms with E-state index < -0.39 is 32.0 Å². The number of hydrogen-bond acceptors (Lipinski definition) is 18. The molecule has 0 aromatic heterocycles. The van der Waals surface area contributed by atoms with Gasteiger partial charge in [-0.05, 0) is 152 Å². The number of esters is 4. The molecular weight excluding hydrogens is 1250 g/mol. The third kappa shape index (κ3) is 20.4. The van der Waals surface area contributed by atoms with Crippen molar-refractivity contribution in [2.75, 3.05) is 104 Å². The van der Waals surface area contributed by atoms with E-state index in [0.717, 1.165) is 133 Å². The summed E-state index contributed by atoms with van der Waals surface area (Å²) in [5.41, 5.74) is 2.49. The van der Waals surface area contributed by atoms with Gasteiger partial charge in [0.25, 0.3) is 0 Å². The molecule has 4 aliphatic rings. The molecule has 22 heteroatoms. The lowest BCUT2D eigenvalue weighted by molar-refractivity contribution is -0.156. The maximum absolute atomic E-state index is 14.6. The second-order valence-corrected chi connectivity index (χ2v) is 31.8. The second kappa shape index (κ2) is 36.1. The Balaban J connectivity index is 0.940. The zero-order valence-corrected chi connectivity index (χ0v) is 58.6. The van der Waals surface area contributed by atoms with Crippen LogP contribution in [-0.2, 0) is 48.7 Å². The quantitative estimate of drug-likeness (QED) is 0.0180. The summed E-state index contributed by atoms with van der Waals surface area (Å²) in [5, 5.41) is 0. The van der Waals surface area contributed by atoms with Gasteiger partial charge in [-0.1, -0.05) is 139 Å². The Labute approximate surface area is 557 Å². The van der Waals surface area contributed by atoms with Gasteiger partial charge in [0.05, 0.1) is 45.8 Å². The Bertz CT molecular complexity index is 3100. The molecule has 0 saturated carbocycles. The monoisotopic (exact) mass is 1340 g/mol. The highest BCUT2D eigenvalue weighted by molar-refractivity contribution is 8.00. The first kappa shape index (κ1) is 72.6. The zero-order chi connectivity index (χ0) is 65.6. The van der Waals surface area contributed by atoms with E-state index in [-0.39, 0.29) is 33.2 Å². The third-order valence-corrected chi connectivity index (χ3v) is 23.9. The maximum Gasteiger partial charge on any atom is 0.423 e. The molecule has 4 aromatic carbocycles. The van der Waals surface area contributed by atoms with Gasteiger partial charge in [0, 0.05) is 85.8 Å². The number of likely N-dealkylation sites (tertiary alicyclic amines) is 2. The number of rotatable bonds is 36. The summed E-state index contributed by atoms with van der Waals surface area (Å²) in [5.74, 6) is -2.46. The molecule has 8 rings (SSSR count). The van der Waals surface area contributed by atoms with Crippen LogP contribution in [0.4, 0.5) is 22.7 Å². The van der Waals surface area contributed by atoms with Crippen molar-refractivity contribution < 1.29 is 55.0 Å². The predicted octanol–water partition coefficient (Wildman–Crippen LogP) is 14.3. The number of hydrogen-bond donors (Lipinski definition) is 0. The van der Waals surface area contributed by atoms with E-state index in [1.54, 1.807) is 12.1 Å². The number of para-hydroxylation sites is 2. The van der Waals surface area contributed by atoms with Crippen molar-refractivity contribution in [3.05, 3.63) is 72.8 Å². The fraction of sp³-hybridized carbons (Fsp3) is 0.600. The summed E-state index contributed by atoms with van der Waals surface area (Å²) in [6, 6.07) is 21.2. The second-order valence-electron chi connectivity index (χ2n) is 25.4. The molecule has 92 heavy (non-hydrogen) atoms. The third-order valence-electron chi connectivity index (χ3n) is 18.1. The molecular formula is C70H100N6O12S4. The molecule has 18 nitrogen and oxygen atoms in total. The van der Waals surface area contributed by atoms with Crippen molar-refractivity contribution in [1.29, 1.82) is 0 Å². The molecule has 0 aliphatic carbocycles. The van der Waals surface area contributed by atoms with Crippen molar-refractivity contribution in [1.82, 2.24) is 18.4 Å². The van der Waals surface area contributed by atoms with Crippen molar-refractivity contribution in [3.63, 3.8) is 0 Å². The zero-order valence-electron chi connectivity index (χ0n) is 55.3. The molecule has 4 heterocycles. The molecule has 2 fully saturated rings. The normalized spacial score (nSPS) is 15.7. The first-order chi connectivity index (χ1) is 44.4. The highest BCUT2D eigenvalue weighted by Gasteiger charge is 2.36. The van der Waals surface area contributed by atoms with Crippen LogP contribution in [-0.4, -0.2) is 153 Å². The molecule has 506 valence electrons. The number of carbonyl (C=O) groups excluding carboxylic acids is 4. The van der Waals surface area contributed by atoms with E-state index >= 15 is 0 Å². The predicted molar refractivity (Wildman–Crippen MR) is 365 cm³/mol. The average Bonchev–Trinajstić information content (AvgIpc) is 0.763. The lowest BCUT2D eigenvalue weighted by Gasteiger charge is -2.36. The molecule has 0 amide bonds. The van der Waals surface area contributed by atoms with Crippen LogP contribution in [0.25, 0.3) is 0 Å². The van der Waals surface area contributed by atoms with Crippen molar-refractivity contribution in [2.45, 2.75) is 197 Å². The summed E-state index contributed by atoms with van der Waals surface area (Å²) >= 11 is 2.67. The summed E-state index contributed by atoms with van der Waals surface area (Å²) in [7, 11) is -2.55. The minimum Gasteiger partial charge on any atom is -0.466 e. The number of unbranched alkanes of at least 4 members (excludes halogenated alkanes) is 12. The van der Waals surface area contributed by atoms with Gasteiger partial charge >= 0.3 is 23.9 Å². The van der Waals surface area contributed by atoms with Gasteiger partial charge in [0.1, 0.15) is 0 Å². The fourth-order valence-electron chi connectivity index (χ4n) is 12.6. The smallest absolute Gasteiger partial charge is 0.423 e. The van der Waals surface area contributed by atoms with Crippen LogP contribution in [0.5, 0.6) is 11.5 Å². The molecule has 0 bridgehead atoms. The van der Waals surface area contributed by atoms with Crippen molar-refractivity contribution in [3.8, 4) is 11.5 Å². The number of benzene rings is 4. The molecule has 0 spiro atoms. The van der Waals surface area contributed by atoms with Crippen LogP contribution in [0.1, 0.15) is 168 Å². The lowest BCUT2D eigenvalue weighted by Crippen LogP contribution is -2.36. The Morgan fingerprint density at radius 1 is 0.467 bits per heavy atom. The number of sulfonamides is 2. The number of carbonyl (C=O) groups is 4. The Hall–Kier alpha value is -5.20. The number of fused-ring (bicyclic) bond motifs is 4. The summed E-state index contributed by atoms with van der Waals surface area (Å²) in [6.07, 6.45) is 24.2. The molecule has 2 saturated heterocycles. The summed E-state index contributed by atoms with van der Waals surface area (Å²) in [4.78, 5) is 65.4. The van der Waals surface area contributed by atoms with E-state index in [4.69, 9.17) is 18.9 Å². The molecule has 0 radical (unpaired) electrons. The van der Waals surface area contributed by atoms with Gasteiger partial charge in [-0.2, -0.15) is 0 Å². The Morgan fingerprint density at radius 3 is 1.20 bits per heavy atom. The van der Waals surface area contributed by atoms with E-state index in [0.29, 0.717) is 85.0 Å². The highest BCUT2D eigenvalue weighted by atomic mass is 32.2. The van der Waals surface area contributed by atoms with Crippen LogP contribution < -0.4 is 19.3 Å². The Kier molecular flexibility index (Phi) is 28.5. The highest BCUT2D eigenvalue weighted by Crippen LogP contribution is 2.55. The lowest BCUT2D eigenvalue weighted by atomic mass is 9.94. The molecule has 0 unspecified atom stereocenters. The topological polar surface area (TPSA) is 193 Å². The summed E-state index contributed by atoms with van der Waals surface area (Å²) < 4.78 is 81.5. The number of piperidine rings is 2. The van der Waals surface area contributed by atoms with Crippen LogP contribution >= 0.6 is 23.5 Å². The molecule has 0 N–H and O–H groups in total. The first-order valence-corrected chi connectivity index (χ1v) is 38.4. The minimum absolute atomic E-state index is 0.103. The number of anilines is 4. The number of nitrogens with zero attached hydrogens (tertiary/aromatic N) is 6. The summed E-state index contributed by atoms with van der Waals surface area (Å²) in [6.45, 7) is 11.3. The van der Waals surface area contributed by atoms with Crippen LogP contribution in [0, 0.1) is 11.8 Å². The minimum atomic E-state index is -4.11. The molecule has 0 atom stereocenters. The van der Waals surface area contributed by atoms with E-state index in [9.17, 15) is 36.0 Å². The average molecular weight is 1350 g/mol. The molecule has 4 aliphatic heterocycles. The number of ether oxygens (including phenoxy) is 4. The van der Waals surface area contributed by atoms with Crippen LogP contribution in [0.15, 0.2) is 102 Å². The van der Waals surface area contributed by atoms with Crippen molar-refractivity contribution >= 4 is 90.2 Å². The van der Waals surface area contributed by atoms with Gasteiger partial charge < -0.3 is 38.5 Å². The molecule has 4 aromatic rings. The SMILES string of the molecule is CCCCCCCCCC(=O)OCCC1CCN(CCCN2c3ccccc3Sc3cc(S(=O)(=O)N(C)C)cc(OC(=O)C(=O)Oc4cc(S(=O)(=O)N(C)C)cc5c4N(CCCN4CCC(CCOC(=O)CCCCCCCCC)CC4)c4ccccc4S5)c32)CC1. The Morgan fingerprint density at radius 2 is 0.826 bits per heavy atom. The van der Waals surface area contributed by atoms with Crippen LogP contribution in [0.3, 0.4) is 0 Å². The van der Waals surface area contributed by atoms with E-state index in [2.05, 4.69) is 23.6 Å². The fourth-order valence-corrected chi connectivity index (χ4v) is 17.0. The maximum atomic E-state index is 14.6. The van der Waals surface area contributed by atoms with Gasteiger partial charge in [-0.25, -0.2) is 35.0 Å². The van der Waals surface area contributed by atoms with E-state index in [1.165, 1.54) is 128 Å².